The van der Waals surface area contributed by atoms with Crippen LogP contribution in [-0.4, -0.2) is 15.5 Å². The minimum Gasteiger partial charge on any atom is -0.493 e. The first-order valence-electron chi connectivity index (χ1n) is 8.76. The number of hydrogen-bond donors (Lipinski definition) is 2. The minimum atomic E-state index is -3.73. The van der Waals surface area contributed by atoms with Crippen LogP contribution in [0.2, 0.25) is 0 Å². The summed E-state index contributed by atoms with van der Waals surface area (Å²) in [7, 11) is -2.17. The summed E-state index contributed by atoms with van der Waals surface area (Å²) in [5.41, 5.74) is 2.40. The lowest BCUT2D eigenvalue weighted by Crippen LogP contribution is -2.12. The molecule has 0 saturated heterocycles. The number of methoxy groups -OCH3 is 1. The second-order valence-electron chi connectivity index (χ2n) is 6.29. The molecule has 3 rings (SSSR count). The Hall–Kier alpha value is -3.10. The van der Waals surface area contributed by atoms with Crippen LogP contribution >= 0.6 is 0 Å². The number of hydrogen-bond acceptors (Lipinski definition) is 5. The zero-order chi connectivity index (χ0) is 20.9. The van der Waals surface area contributed by atoms with Crippen molar-refractivity contribution < 1.29 is 22.3 Å². The lowest BCUT2D eigenvalue weighted by atomic mass is 10.1. The molecule has 8 heteroatoms. The number of nitrogens with one attached hydrogen (secondary N) is 1. The van der Waals surface area contributed by atoms with E-state index in [2.05, 4.69) is 5.32 Å². The summed E-state index contributed by atoms with van der Waals surface area (Å²) in [4.78, 5) is 0.0488. The molecule has 3 N–H and O–H groups in total. The van der Waals surface area contributed by atoms with Gasteiger partial charge in [-0.1, -0.05) is 24.3 Å². The van der Waals surface area contributed by atoms with Gasteiger partial charge >= 0.3 is 0 Å². The summed E-state index contributed by atoms with van der Waals surface area (Å²) < 4.78 is 47.1. The van der Waals surface area contributed by atoms with Gasteiger partial charge < -0.3 is 14.8 Å². The average molecular weight is 416 g/mol. The second kappa shape index (κ2) is 8.93. The van der Waals surface area contributed by atoms with Crippen molar-refractivity contribution >= 4 is 15.7 Å². The Balaban J connectivity index is 1.74. The van der Waals surface area contributed by atoms with Gasteiger partial charge in [0.05, 0.1) is 12.0 Å². The maximum Gasteiger partial charge on any atom is 0.238 e. The highest BCUT2D eigenvalue weighted by Crippen LogP contribution is 2.32. The molecule has 0 aliphatic carbocycles. The number of ether oxygens (including phenoxy) is 2. The van der Waals surface area contributed by atoms with E-state index in [9.17, 15) is 12.8 Å². The first kappa shape index (κ1) is 20.6. The monoisotopic (exact) mass is 416 g/mol. The molecule has 0 unspecified atom stereocenters. The van der Waals surface area contributed by atoms with Gasteiger partial charge in [0, 0.05) is 17.8 Å². The Morgan fingerprint density at radius 1 is 1.00 bits per heavy atom. The van der Waals surface area contributed by atoms with Crippen LogP contribution in [0.5, 0.6) is 11.5 Å². The van der Waals surface area contributed by atoms with Crippen LogP contribution in [0.25, 0.3) is 0 Å². The van der Waals surface area contributed by atoms with E-state index in [1.807, 2.05) is 12.1 Å². The van der Waals surface area contributed by atoms with Crippen molar-refractivity contribution in [1.82, 2.24) is 0 Å². The van der Waals surface area contributed by atoms with Gasteiger partial charge in [-0.2, -0.15) is 0 Å². The lowest BCUT2D eigenvalue weighted by Gasteiger charge is -2.16. The summed E-state index contributed by atoms with van der Waals surface area (Å²) in [6.07, 6.45) is 0. The quantitative estimate of drug-likeness (QED) is 0.585. The molecule has 0 heterocycles. The SMILES string of the molecule is COc1cccc(CNc2ccc(S(N)(=O)=O)cc2)c1OCc1ccc(F)cc1. The molecular formula is C21H21FN2O4S. The third-order valence-electron chi connectivity index (χ3n) is 4.24. The van der Waals surface area contributed by atoms with Gasteiger partial charge in [0.2, 0.25) is 10.0 Å². The number of sulfonamides is 1. The number of primary sulfonamides is 1. The molecule has 0 spiro atoms. The first-order chi connectivity index (χ1) is 13.9. The van der Waals surface area contributed by atoms with Gasteiger partial charge in [0.1, 0.15) is 12.4 Å². The Morgan fingerprint density at radius 3 is 2.31 bits per heavy atom. The van der Waals surface area contributed by atoms with Crippen molar-refractivity contribution in [3.8, 4) is 11.5 Å². The number of halogens is 1. The largest absolute Gasteiger partial charge is 0.493 e. The number of rotatable bonds is 8. The number of anilines is 1. The molecule has 0 radical (unpaired) electrons. The molecule has 0 bridgehead atoms. The van der Waals surface area contributed by atoms with Gasteiger partial charge in [-0.3, -0.25) is 0 Å². The van der Waals surface area contributed by atoms with Crippen molar-refractivity contribution in [2.75, 3.05) is 12.4 Å². The molecule has 6 nitrogen and oxygen atoms in total. The van der Waals surface area contributed by atoms with Crippen LogP contribution in [0.1, 0.15) is 11.1 Å². The molecule has 29 heavy (non-hydrogen) atoms. The Bertz CT molecular complexity index is 1070. The van der Waals surface area contributed by atoms with Crippen LogP contribution in [0.15, 0.2) is 71.6 Å². The molecule has 0 aromatic heterocycles. The fraction of sp³-hybridized carbons (Fsp3) is 0.143. The molecule has 0 atom stereocenters. The van der Waals surface area contributed by atoms with E-state index < -0.39 is 10.0 Å². The fourth-order valence-corrected chi connectivity index (χ4v) is 3.24. The normalized spacial score (nSPS) is 11.1. The average Bonchev–Trinajstić information content (AvgIpc) is 2.71. The number of nitrogens with two attached hydrogens (primary N) is 1. The number of para-hydroxylation sites is 1. The maximum absolute atomic E-state index is 13.1. The standard InChI is InChI=1S/C21H21FN2O4S/c1-27-20-4-2-3-16(21(20)28-14-15-5-7-17(22)8-6-15)13-24-18-9-11-19(12-10-18)29(23,25)26/h2-12,24H,13-14H2,1H3,(H2,23,25,26). The molecule has 3 aromatic carbocycles. The van der Waals surface area contributed by atoms with E-state index in [0.717, 1.165) is 16.8 Å². The van der Waals surface area contributed by atoms with Crippen molar-refractivity contribution in [3.63, 3.8) is 0 Å². The highest BCUT2D eigenvalue weighted by Gasteiger charge is 2.12. The maximum atomic E-state index is 13.1. The van der Waals surface area contributed by atoms with Crippen molar-refractivity contribution in [1.29, 1.82) is 0 Å². The second-order valence-corrected chi connectivity index (χ2v) is 7.85. The summed E-state index contributed by atoms with van der Waals surface area (Å²) in [5, 5.41) is 8.33. The summed E-state index contributed by atoms with van der Waals surface area (Å²) >= 11 is 0. The molecule has 0 fully saturated rings. The van der Waals surface area contributed by atoms with E-state index >= 15 is 0 Å². The van der Waals surface area contributed by atoms with Crippen molar-refractivity contribution in [3.05, 3.63) is 83.7 Å². The lowest BCUT2D eigenvalue weighted by molar-refractivity contribution is 0.281. The third kappa shape index (κ3) is 5.46. The van der Waals surface area contributed by atoms with Gasteiger partial charge in [0.15, 0.2) is 11.5 Å². The van der Waals surface area contributed by atoms with Gasteiger partial charge in [-0.25, -0.2) is 17.9 Å². The van der Waals surface area contributed by atoms with Gasteiger partial charge in [-0.15, -0.1) is 0 Å². The van der Waals surface area contributed by atoms with E-state index in [1.165, 1.54) is 24.3 Å². The zero-order valence-electron chi connectivity index (χ0n) is 15.8. The highest BCUT2D eigenvalue weighted by atomic mass is 32.2. The Morgan fingerprint density at radius 2 is 1.69 bits per heavy atom. The topological polar surface area (TPSA) is 90.6 Å². The summed E-state index contributed by atoms with van der Waals surface area (Å²) in [6.45, 7) is 0.682. The highest BCUT2D eigenvalue weighted by molar-refractivity contribution is 7.89. The molecule has 0 aliphatic heterocycles. The molecule has 0 saturated carbocycles. The van der Waals surface area contributed by atoms with Crippen LogP contribution in [-0.2, 0) is 23.2 Å². The predicted octanol–water partition coefficient (Wildman–Crippen LogP) is 3.67. The van der Waals surface area contributed by atoms with E-state index in [1.54, 1.807) is 37.4 Å². The summed E-state index contributed by atoms with van der Waals surface area (Å²) in [5.74, 6) is 0.855. The van der Waals surface area contributed by atoms with Crippen LogP contribution in [0, 0.1) is 5.82 Å². The van der Waals surface area contributed by atoms with Crippen molar-refractivity contribution in [2.24, 2.45) is 5.14 Å². The van der Waals surface area contributed by atoms with Crippen LogP contribution < -0.4 is 19.9 Å². The minimum absolute atomic E-state index is 0.0488. The van der Waals surface area contributed by atoms with Crippen LogP contribution in [0.3, 0.4) is 0 Å². The Labute approximate surface area is 169 Å². The van der Waals surface area contributed by atoms with E-state index in [-0.39, 0.29) is 17.3 Å². The molecule has 0 aliphatic rings. The van der Waals surface area contributed by atoms with Gasteiger partial charge in [-0.05, 0) is 48.0 Å². The predicted molar refractivity (Wildman–Crippen MR) is 109 cm³/mol. The van der Waals surface area contributed by atoms with Gasteiger partial charge in [0.25, 0.3) is 0 Å². The molecular weight excluding hydrogens is 395 g/mol. The van der Waals surface area contributed by atoms with Crippen molar-refractivity contribution in [2.45, 2.75) is 18.0 Å². The van der Waals surface area contributed by atoms with E-state index in [4.69, 9.17) is 14.6 Å². The van der Waals surface area contributed by atoms with E-state index in [0.29, 0.717) is 18.0 Å². The van der Waals surface area contributed by atoms with Crippen LogP contribution in [0.4, 0.5) is 10.1 Å². The summed E-state index contributed by atoms with van der Waals surface area (Å²) in [6, 6.07) is 17.8. The fourth-order valence-electron chi connectivity index (χ4n) is 2.72. The molecule has 0 amide bonds. The number of benzene rings is 3. The molecule has 3 aromatic rings. The first-order valence-corrected chi connectivity index (χ1v) is 10.3. The Kier molecular flexibility index (Phi) is 6.36. The smallest absolute Gasteiger partial charge is 0.238 e. The zero-order valence-corrected chi connectivity index (χ0v) is 16.6. The molecule has 152 valence electrons. The third-order valence-corrected chi connectivity index (χ3v) is 5.17.